The van der Waals surface area contributed by atoms with Crippen LogP contribution in [0.2, 0.25) is 0 Å². The SMILES string of the molecule is CCc1cnc(N2C[C@@H]3C[C@@H](C(=O)N4CCOCC4)[C@H](C2)O3)nc1. The number of morpholine rings is 2. The fraction of sp³-hybridized carbons (Fsp3) is 0.706. The number of amides is 1. The van der Waals surface area contributed by atoms with E-state index in [0.29, 0.717) is 32.8 Å². The molecule has 2 bridgehead atoms. The van der Waals surface area contributed by atoms with Crippen molar-refractivity contribution in [1.29, 1.82) is 0 Å². The predicted molar refractivity (Wildman–Crippen MR) is 87.8 cm³/mol. The number of anilines is 1. The molecule has 1 amide bonds. The Bertz CT molecular complexity index is 588. The van der Waals surface area contributed by atoms with Crippen LogP contribution in [0.1, 0.15) is 18.9 Å². The summed E-state index contributed by atoms with van der Waals surface area (Å²) in [6.07, 6.45) is 5.53. The lowest BCUT2D eigenvalue weighted by Gasteiger charge is -2.34. The molecule has 0 radical (unpaired) electrons. The number of fused-ring (bicyclic) bond motifs is 2. The van der Waals surface area contributed by atoms with E-state index >= 15 is 0 Å². The lowest BCUT2D eigenvalue weighted by molar-refractivity contribution is -0.141. The van der Waals surface area contributed by atoms with Gasteiger partial charge >= 0.3 is 0 Å². The average molecular weight is 332 g/mol. The molecule has 0 spiro atoms. The molecule has 0 saturated carbocycles. The van der Waals surface area contributed by atoms with Gasteiger partial charge in [0.1, 0.15) is 0 Å². The molecule has 3 saturated heterocycles. The van der Waals surface area contributed by atoms with Crippen LogP contribution in [0.3, 0.4) is 0 Å². The summed E-state index contributed by atoms with van der Waals surface area (Å²) in [5, 5.41) is 0. The van der Waals surface area contributed by atoms with Gasteiger partial charge in [-0.15, -0.1) is 0 Å². The highest BCUT2D eigenvalue weighted by Crippen LogP contribution is 2.34. The highest BCUT2D eigenvalue weighted by molar-refractivity contribution is 5.80. The molecular formula is C17H24N4O3. The van der Waals surface area contributed by atoms with Gasteiger partial charge in [0.25, 0.3) is 0 Å². The van der Waals surface area contributed by atoms with Crippen LogP contribution in [-0.4, -0.2) is 72.4 Å². The first kappa shape index (κ1) is 15.8. The zero-order valence-corrected chi connectivity index (χ0v) is 14.1. The van der Waals surface area contributed by atoms with Crippen molar-refractivity contribution < 1.29 is 14.3 Å². The number of rotatable bonds is 3. The standard InChI is InChI=1S/C17H24N4O3/c1-2-12-8-18-17(19-9-12)21-10-13-7-14(15(11-21)24-13)16(22)20-3-5-23-6-4-20/h8-9,13-15H,2-7,10-11H2,1H3/t13-,14+,15-/m0/s1. The summed E-state index contributed by atoms with van der Waals surface area (Å²) in [7, 11) is 0. The summed E-state index contributed by atoms with van der Waals surface area (Å²) in [4.78, 5) is 25.8. The van der Waals surface area contributed by atoms with Gasteiger partial charge in [0.15, 0.2) is 0 Å². The van der Waals surface area contributed by atoms with Gasteiger partial charge in [-0.3, -0.25) is 4.79 Å². The molecule has 3 aliphatic rings. The Balaban J connectivity index is 1.44. The molecule has 1 aromatic heterocycles. The molecule has 0 aromatic carbocycles. The van der Waals surface area contributed by atoms with E-state index in [4.69, 9.17) is 9.47 Å². The third-order valence-corrected chi connectivity index (χ3v) is 5.18. The number of aromatic nitrogens is 2. The van der Waals surface area contributed by atoms with Crippen molar-refractivity contribution in [2.24, 2.45) is 5.92 Å². The molecular weight excluding hydrogens is 308 g/mol. The number of hydrogen-bond acceptors (Lipinski definition) is 6. The van der Waals surface area contributed by atoms with E-state index in [0.717, 1.165) is 30.9 Å². The maximum atomic E-state index is 12.8. The summed E-state index contributed by atoms with van der Waals surface area (Å²) >= 11 is 0. The fourth-order valence-corrected chi connectivity index (χ4v) is 3.79. The van der Waals surface area contributed by atoms with Crippen molar-refractivity contribution in [1.82, 2.24) is 14.9 Å². The van der Waals surface area contributed by atoms with Crippen LogP contribution < -0.4 is 4.90 Å². The average Bonchev–Trinajstić information content (AvgIpc) is 2.95. The second kappa shape index (κ2) is 6.64. The molecule has 3 aliphatic heterocycles. The Hall–Kier alpha value is -1.73. The van der Waals surface area contributed by atoms with Crippen molar-refractivity contribution in [2.75, 3.05) is 44.3 Å². The van der Waals surface area contributed by atoms with E-state index in [1.165, 1.54) is 0 Å². The Morgan fingerprint density at radius 1 is 1.25 bits per heavy atom. The second-order valence-corrected chi connectivity index (χ2v) is 6.73. The number of ether oxygens (including phenoxy) is 2. The minimum Gasteiger partial charge on any atom is -0.378 e. The van der Waals surface area contributed by atoms with Crippen molar-refractivity contribution in [2.45, 2.75) is 32.0 Å². The minimum atomic E-state index is -0.0615. The Morgan fingerprint density at radius 2 is 2.00 bits per heavy atom. The minimum absolute atomic E-state index is 0.0481. The van der Waals surface area contributed by atoms with Crippen LogP contribution >= 0.6 is 0 Å². The Morgan fingerprint density at radius 3 is 2.71 bits per heavy atom. The predicted octanol–water partition coefficient (Wildman–Crippen LogP) is 0.492. The molecule has 7 nitrogen and oxygen atoms in total. The molecule has 3 atom stereocenters. The second-order valence-electron chi connectivity index (χ2n) is 6.73. The third kappa shape index (κ3) is 2.98. The molecule has 7 heteroatoms. The summed E-state index contributed by atoms with van der Waals surface area (Å²) in [5.41, 5.74) is 1.13. The van der Waals surface area contributed by atoms with Gasteiger partial charge in [-0.2, -0.15) is 0 Å². The number of hydrogen-bond donors (Lipinski definition) is 0. The van der Waals surface area contributed by atoms with E-state index < -0.39 is 0 Å². The zero-order chi connectivity index (χ0) is 16.5. The largest absolute Gasteiger partial charge is 0.378 e. The number of aryl methyl sites for hydroxylation is 1. The smallest absolute Gasteiger partial charge is 0.228 e. The van der Waals surface area contributed by atoms with Crippen LogP contribution in [0.15, 0.2) is 12.4 Å². The maximum absolute atomic E-state index is 12.8. The van der Waals surface area contributed by atoms with Crippen molar-refractivity contribution in [3.05, 3.63) is 18.0 Å². The molecule has 130 valence electrons. The lowest BCUT2D eigenvalue weighted by Crippen LogP contribution is -2.48. The summed E-state index contributed by atoms with van der Waals surface area (Å²) in [6.45, 7) is 6.19. The lowest BCUT2D eigenvalue weighted by atomic mass is 9.98. The van der Waals surface area contributed by atoms with Gasteiger partial charge in [0.05, 0.1) is 31.3 Å². The van der Waals surface area contributed by atoms with Gasteiger partial charge in [0, 0.05) is 38.6 Å². The van der Waals surface area contributed by atoms with E-state index in [9.17, 15) is 4.79 Å². The molecule has 3 fully saturated rings. The molecule has 0 unspecified atom stereocenters. The number of carbonyl (C=O) groups excluding carboxylic acids is 1. The van der Waals surface area contributed by atoms with Gasteiger partial charge in [0.2, 0.25) is 11.9 Å². The summed E-state index contributed by atoms with van der Waals surface area (Å²) in [6, 6.07) is 0. The van der Waals surface area contributed by atoms with Crippen LogP contribution in [0.25, 0.3) is 0 Å². The van der Waals surface area contributed by atoms with E-state index in [1.807, 2.05) is 17.3 Å². The summed E-state index contributed by atoms with van der Waals surface area (Å²) in [5.74, 6) is 0.910. The van der Waals surface area contributed by atoms with Gasteiger partial charge in [-0.1, -0.05) is 6.92 Å². The molecule has 24 heavy (non-hydrogen) atoms. The highest BCUT2D eigenvalue weighted by Gasteiger charge is 2.46. The van der Waals surface area contributed by atoms with Crippen LogP contribution in [0, 0.1) is 5.92 Å². The fourth-order valence-electron chi connectivity index (χ4n) is 3.79. The zero-order valence-electron chi connectivity index (χ0n) is 14.1. The first-order valence-corrected chi connectivity index (χ1v) is 8.82. The van der Waals surface area contributed by atoms with E-state index in [2.05, 4.69) is 21.8 Å². The van der Waals surface area contributed by atoms with Gasteiger partial charge < -0.3 is 19.3 Å². The quantitative estimate of drug-likeness (QED) is 0.803. The molecule has 1 aromatic rings. The number of carbonyl (C=O) groups is 1. The van der Waals surface area contributed by atoms with Crippen LogP contribution in [0.4, 0.5) is 5.95 Å². The van der Waals surface area contributed by atoms with Crippen molar-refractivity contribution in [3.63, 3.8) is 0 Å². The Kier molecular flexibility index (Phi) is 4.37. The molecule has 0 N–H and O–H groups in total. The molecule has 0 aliphatic carbocycles. The van der Waals surface area contributed by atoms with Crippen LogP contribution in [0.5, 0.6) is 0 Å². The first-order chi connectivity index (χ1) is 11.7. The molecule has 4 heterocycles. The van der Waals surface area contributed by atoms with Gasteiger partial charge in [-0.05, 0) is 18.4 Å². The van der Waals surface area contributed by atoms with E-state index in [1.54, 1.807) is 0 Å². The van der Waals surface area contributed by atoms with Crippen molar-refractivity contribution in [3.8, 4) is 0 Å². The highest BCUT2D eigenvalue weighted by atomic mass is 16.5. The Labute approximate surface area is 142 Å². The number of nitrogens with zero attached hydrogens (tertiary/aromatic N) is 4. The topological polar surface area (TPSA) is 67.8 Å². The van der Waals surface area contributed by atoms with Gasteiger partial charge in [-0.25, -0.2) is 9.97 Å². The van der Waals surface area contributed by atoms with Crippen LogP contribution in [-0.2, 0) is 20.7 Å². The normalized spacial score (nSPS) is 29.8. The first-order valence-electron chi connectivity index (χ1n) is 8.82. The molecule has 4 rings (SSSR count). The monoisotopic (exact) mass is 332 g/mol. The summed E-state index contributed by atoms with van der Waals surface area (Å²) < 4.78 is 11.4. The maximum Gasteiger partial charge on any atom is 0.228 e. The third-order valence-electron chi connectivity index (χ3n) is 5.18. The van der Waals surface area contributed by atoms with Crippen molar-refractivity contribution >= 4 is 11.9 Å². The van der Waals surface area contributed by atoms with E-state index in [-0.39, 0.29) is 24.0 Å².